The fourth-order valence-electron chi connectivity index (χ4n) is 2.61. The molecule has 4 nitrogen and oxygen atoms in total. The largest absolute Gasteiger partial charge is 0.386 e. The number of aliphatic imine (C=N–C) groups is 1. The van der Waals surface area contributed by atoms with Crippen LogP contribution in [0.25, 0.3) is 0 Å². The van der Waals surface area contributed by atoms with Gasteiger partial charge in [0.05, 0.1) is 12.6 Å². The van der Waals surface area contributed by atoms with E-state index < -0.39 is 6.10 Å². The van der Waals surface area contributed by atoms with Crippen molar-refractivity contribution in [3.8, 4) is 0 Å². The first-order chi connectivity index (χ1) is 10.6. The third kappa shape index (κ3) is 4.70. The molecule has 1 aliphatic heterocycles. The molecule has 1 fully saturated rings. The lowest BCUT2D eigenvalue weighted by Crippen LogP contribution is -2.45. The van der Waals surface area contributed by atoms with Gasteiger partial charge in [-0.05, 0) is 43.4 Å². The molecule has 1 unspecified atom stereocenters. The molecule has 2 rings (SSSR count). The zero-order valence-electron chi connectivity index (χ0n) is 13.4. The number of benzene rings is 1. The normalized spacial score (nSPS) is 18.4. The molecule has 0 saturated carbocycles. The van der Waals surface area contributed by atoms with Crippen LogP contribution in [0, 0.1) is 11.7 Å². The van der Waals surface area contributed by atoms with Gasteiger partial charge in [-0.1, -0.05) is 19.1 Å². The van der Waals surface area contributed by atoms with Crippen molar-refractivity contribution in [3.63, 3.8) is 0 Å². The minimum absolute atomic E-state index is 0.278. The molecule has 1 atom stereocenters. The molecule has 2 N–H and O–H groups in total. The van der Waals surface area contributed by atoms with Gasteiger partial charge in [0.2, 0.25) is 0 Å². The van der Waals surface area contributed by atoms with Gasteiger partial charge in [0.1, 0.15) is 5.82 Å². The van der Waals surface area contributed by atoms with E-state index in [2.05, 4.69) is 22.1 Å². The van der Waals surface area contributed by atoms with Crippen LogP contribution in [-0.4, -0.2) is 42.1 Å². The number of hydrogen-bond donors (Lipinski definition) is 2. The number of piperidine rings is 1. The number of nitrogens with zero attached hydrogens (tertiary/aromatic N) is 2. The average Bonchev–Trinajstić information content (AvgIpc) is 2.53. The van der Waals surface area contributed by atoms with Gasteiger partial charge in [-0.15, -0.1) is 0 Å². The van der Waals surface area contributed by atoms with Gasteiger partial charge < -0.3 is 15.3 Å². The van der Waals surface area contributed by atoms with Crippen molar-refractivity contribution in [2.75, 3.05) is 26.2 Å². The lowest BCUT2D eigenvalue weighted by molar-refractivity contribution is 0.186. The van der Waals surface area contributed by atoms with Gasteiger partial charge in [-0.25, -0.2) is 4.39 Å². The maximum absolute atomic E-state index is 12.9. The van der Waals surface area contributed by atoms with Crippen LogP contribution < -0.4 is 5.32 Å². The summed E-state index contributed by atoms with van der Waals surface area (Å²) in [7, 11) is 0. The lowest BCUT2D eigenvalue weighted by Gasteiger charge is -2.33. The number of nitrogens with one attached hydrogen (secondary N) is 1. The minimum atomic E-state index is -0.710. The highest BCUT2D eigenvalue weighted by Gasteiger charge is 2.19. The summed E-state index contributed by atoms with van der Waals surface area (Å²) >= 11 is 0. The van der Waals surface area contributed by atoms with E-state index in [1.807, 2.05) is 6.92 Å². The Kier molecular flexibility index (Phi) is 6.19. The molecule has 0 amide bonds. The Bertz CT molecular complexity index is 481. The molecule has 122 valence electrons. The maximum atomic E-state index is 12.9. The number of guanidine groups is 1. The zero-order valence-corrected chi connectivity index (χ0v) is 13.4. The number of likely N-dealkylation sites (tertiary alicyclic amines) is 1. The third-order valence-corrected chi connectivity index (χ3v) is 4.09. The van der Waals surface area contributed by atoms with E-state index in [0.717, 1.165) is 31.5 Å². The van der Waals surface area contributed by atoms with Crippen molar-refractivity contribution in [3.05, 3.63) is 35.6 Å². The first kappa shape index (κ1) is 16.7. The smallest absolute Gasteiger partial charge is 0.194 e. The standard InChI is InChI=1S/C17H26FN3O/c1-3-19-17(21-10-8-13(2)9-11-21)20-12-16(22)14-4-6-15(18)7-5-14/h4-7,13,16,22H,3,8-12H2,1-2H3,(H,19,20). The maximum Gasteiger partial charge on any atom is 0.194 e. The Hall–Kier alpha value is -1.62. The molecule has 1 aliphatic rings. The molecular weight excluding hydrogens is 281 g/mol. The molecule has 0 bridgehead atoms. The Morgan fingerprint density at radius 3 is 2.59 bits per heavy atom. The van der Waals surface area contributed by atoms with Crippen LogP contribution in [0.1, 0.15) is 38.4 Å². The molecule has 1 aromatic carbocycles. The summed E-state index contributed by atoms with van der Waals surface area (Å²) in [5, 5.41) is 13.5. The van der Waals surface area contributed by atoms with Gasteiger partial charge in [0, 0.05) is 19.6 Å². The molecule has 0 aromatic heterocycles. The zero-order chi connectivity index (χ0) is 15.9. The fourth-order valence-corrected chi connectivity index (χ4v) is 2.61. The fraction of sp³-hybridized carbons (Fsp3) is 0.588. The minimum Gasteiger partial charge on any atom is -0.386 e. The predicted octanol–water partition coefficient (Wildman–Crippen LogP) is 2.56. The Morgan fingerprint density at radius 2 is 2.00 bits per heavy atom. The van der Waals surface area contributed by atoms with E-state index >= 15 is 0 Å². The third-order valence-electron chi connectivity index (χ3n) is 4.09. The number of hydrogen-bond acceptors (Lipinski definition) is 2. The van der Waals surface area contributed by atoms with E-state index in [1.54, 1.807) is 12.1 Å². The molecule has 22 heavy (non-hydrogen) atoms. The summed E-state index contributed by atoms with van der Waals surface area (Å²) in [6.45, 7) is 7.40. The van der Waals surface area contributed by atoms with Crippen molar-refractivity contribution in [1.82, 2.24) is 10.2 Å². The highest BCUT2D eigenvalue weighted by Crippen LogP contribution is 2.17. The second-order valence-corrected chi connectivity index (χ2v) is 5.93. The first-order valence-corrected chi connectivity index (χ1v) is 8.07. The molecular formula is C17H26FN3O. The molecule has 0 aliphatic carbocycles. The predicted molar refractivity (Wildman–Crippen MR) is 87.3 cm³/mol. The second kappa shape index (κ2) is 8.13. The Morgan fingerprint density at radius 1 is 1.36 bits per heavy atom. The summed E-state index contributed by atoms with van der Waals surface area (Å²) < 4.78 is 12.9. The quantitative estimate of drug-likeness (QED) is 0.664. The molecule has 5 heteroatoms. The van der Waals surface area contributed by atoms with Crippen molar-refractivity contribution < 1.29 is 9.50 Å². The van der Waals surface area contributed by atoms with E-state index in [1.165, 1.54) is 25.0 Å². The number of rotatable bonds is 4. The van der Waals surface area contributed by atoms with E-state index in [-0.39, 0.29) is 12.4 Å². The van der Waals surface area contributed by atoms with Crippen LogP contribution in [0.4, 0.5) is 4.39 Å². The second-order valence-electron chi connectivity index (χ2n) is 5.93. The topological polar surface area (TPSA) is 47.9 Å². The van der Waals surface area contributed by atoms with E-state index in [9.17, 15) is 9.50 Å². The van der Waals surface area contributed by atoms with Crippen LogP contribution in [0.3, 0.4) is 0 Å². The van der Waals surface area contributed by atoms with Gasteiger partial charge in [0.15, 0.2) is 5.96 Å². The molecule has 0 radical (unpaired) electrons. The summed E-state index contributed by atoms with van der Waals surface area (Å²) in [4.78, 5) is 6.80. The van der Waals surface area contributed by atoms with Gasteiger partial charge in [-0.3, -0.25) is 4.99 Å². The van der Waals surface area contributed by atoms with Gasteiger partial charge >= 0.3 is 0 Å². The average molecular weight is 307 g/mol. The molecule has 1 aromatic rings. The van der Waals surface area contributed by atoms with Gasteiger partial charge in [0.25, 0.3) is 0 Å². The molecule has 0 spiro atoms. The summed E-state index contributed by atoms with van der Waals surface area (Å²) in [5.41, 5.74) is 0.688. The van der Waals surface area contributed by atoms with Crippen LogP contribution in [0.2, 0.25) is 0 Å². The van der Waals surface area contributed by atoms with Crippen molar-refractivity contribution in [2.24, 2.45) is 10.9 Å². The van der Waals surface area contributed by atoms with Crippen LogP contribution in [0.15, 0.2) is 29.3 Å². The van der Waals surface area contributed by atoms with Gasteiger partial charge in [-0.2, -0.15) is 0 Å². The number of halogens is 1. The van der Waals surface area contributed by atoms with Crippen LogP contribution in [-0.2, 0) is 0 Å². The highest BCUT2D eigenvalue weighted by atomic mass is 19.1. The summed E-state index contributed by atoms with van der Waals surface area (Å²) in [6.07, 6.45) is 1.63. The summed E-state index contributed by atoms with van der Waals surface area (Å²) in [6, 6.07) is 5.93. The highest BCUT2D eigenvalue weighted by molar-refractivity contribution is 5.80. The lowest BCUT2D eigenvalue weighted by atomic mass is 9.99. The van der Waals surface area contributed by atoms with E-state index in [4.69, 9.17) is 0 Å². The Balaban J connectivity index is 1.98. The monoisotopic (exact) mass is 307 g/mol. The van der Waals surface area contributed by atoms with E-state index in [0.29, 0.717) is 5.56 Å². The van der Waals surface area contributed by atoms with Crippen molar-refractivity contribution in [1.29, 1.82) is 0 Å². The Labute approximate surface area is 132 Å². The van der Waals surface area contributed by atoms with Crippen LogP contribution >= 0.6 is 0 Å². The number of aliphatic hydroxyl groups excluding tert-OH is 1. The number of aliphatic hydroxyl groups is 1. The summed E-state index contributed by atoms with van der Waals surface area (Å²) in [5.74, 6) is 1.33. The van der Waals surface area contributed by atoms with Crippen LogP contribution in [0.5, 0.6) is 0 Å². The molecule has 1 heterocycles. The first-order valence-electron chi connectivity index (χ1n) is 8.07. The molecule has 1 saturated heterocycles. The SMILES string of the molecule is CCNC(=NCC(O)c1ccc(F)cc1)N1CCC(C)CC1. The van der Waals surface area contributed by atoms with Crippen molar-refractivity contribution >= 4 is 5.96 Å². The van der Waals surface area contributed by atoms with Crippen molar-refractivity contribution in [2.45, 2.75) is 32.8 Å².